The summed E-state index contributed by atoms with van der Waals surface area (Å²) in [5.41, 5.74) is 3.99. The van der Waals surface area contributed by atoms with Crippen LogP contribution in [0.15, 0.2) is 41.0 Å². The molecule has 0 aliphatic heterocycles. The molecule has 0 amide bonds. The Morgan fingerprint density at radius 2 is 1.81 bits per heavy atom. The average Bonchev–Trinajstić information content (AvgIpc) is 2.86. The minimum absolute atomic E-state index is 0.465. The first kappa shape index (κ1) is 15.8. The minimum atomic E-state index is 0.465. The quantitative estimate of drug-likeness (QED) is 0.841. The number of furan rings is 1. The fourth-order valence-corrected chi connectivity index (χ4v) is 2.38. The number of nitrogens with zero attached hydrogens (tertiary/aromatic N) is 1. The Kier molecular flexibility index (Phi) is 5.59. The van der Waals surface area contributed by atoms with Gasteiger partial charge in [0.2, 0.25) is 0 Å². The highest BCUT2D eigenvalue weighted by atomic mass is 16.3. The van der Waals surface area contributed by atoms with Gasteiger partial charge in [-0.1, -0.05) is 38.1 Å². The molecule has 0 radical (unpaired) electrons. The van der Waals surface area contributed by atoms with Gasteiger partial charge in [-0.15, -0.1) is 0 Å². The van der Waals surface area contributed by atoms with Gasteiger partial charge >= 0.3 is 0 Å². The summed E-state index contributed by atoms with van der Waals surface area (Å²) in [6.07, 6.45) is 1.79. The molecule has 0 aliphatic rings. The van der Waals surface area contributed by atoms with E-state index in [0.29, 0.717) is 6.04 Å². The zero-order valence-corrected chi connectivity index (χ0v) is 13.5. The largest absolute Gasteiger partial charge is 0.468 e. The lowest BCUT2D eigenvalue weighted by molar-refractivity contribution is 0.313. The Hall–Kier alpha value is -1.58. The van der Waals surface area contributed by atoms with Crippen molar-refractivity contribution in [3.63, 3.8) is 0 Å². The van der Waals surface area contributed by atoms with Gasteiger partial charge in [0.25, 0.3) is 0 Å². The maximum Gasteiger partial charge on any atom is 0.122 e. The predicted octanol–water partition coefficient (Wildman–Crippen LogP) is 3.72. The van der Waals surface area contributed by atoms with Crippen molar-refractivity contribution in [2.75, 3.05) is 7.05 Å². The molecule has 0 saturated heterocycles. The van der Waals surface area contributed by atoms with Crippen molar-refractivity contribution < 1.29 is 4.42 Å². The van der Waals surface area contributed by atoms with E-state index in [1.807, 2.05) is 0 Å². The molecule has 114 valence electrons. The molecule has 3 nitrogen and oxygen atoms in total. The van der Waals surface area contributed by atoms with Gasteiger partial charge in [0, 0.05) is 24.7 Å². The Morgan fingerprint density at radius 3 is 2.52 bits per heavy atom. The van der Waals surface area contributed by atoms with E-state index in [1.165, 1.54) is 16.7 Å². The van der Waals surface area contributed by atoms with Crippen LogP contribution < -0.4 is 5.32 Å². The highest BCUT2D eigenvalue weighted by Crippen LogP contribution is 2.16. The van der Waals surface area contributed by atoms with Gasteiger partial charge < -0.3 is 9.73 Å². The van der Waals surface area contributed by atoms with Gasteiger partial charge in [0.05, 0.1) is 12.8 Å². The average molecular weight is 286 g/mol. The molecule has 0 spiro atoms. The third-order valence-electron chi connectivity index (χ3n) is 3.65. The van der Waals surface area contributed by atoms with E-state index in [4.69, 9.17) is 4.42 Å². The van der Waals surface area contributed by atoms with Crippen LogP contribution in [0, 0.1) is 6.92 Å². The van der Waals surface area contributed by atoms with Gasteiger partial charge in [0.15, 0.2) is 0 Å². The van der Waals surface area contributed by atoms with Crippen LogP contribution in [-0.4, -0.2) is 18.0 Å². The van der Waals surface area contributed by atoms with Crippen molar-refractivity contribution in [1.29, 1.82) is 0 Å². The second-order valence-corrected chi connectivity index (χ2v) is 6.00. The van der Waals surface area contributed by atoms with Crippen LogP contribution in [0.5, 0.6) is 0 Å². The number of benzene rings is 1. The fraction of sp³-hybridized carbons (Fsp3) is 0.444. The van der Waals surface area contributed by atoms with Crippen LogP contribution >= 0.6 is 0 Å². The zero-order valence-electron chi connectivity index (χ0n) is 13.5. The first-order chi connectivity index (χ1) is 10.1. The fourth-order valence-electron chi connectivity index (χ4n) is 2.38. The SMILES string of the molecule is Cc1ccccc1CN(C)Cc1ccoc1CNC(C)C. The lowest BCUT2D eigenvalue weighted by Crippen LogP contribution is -2.23. The summed E-state index contributed by atoms with van der Waals surface area (Å²) in [5.74, 6) is 1.04. The van der Waals surface area contributed by atoms with Crippen molar-refractivity contribution in [2.24, 2.45) is 0 Å². The van der Waals surface area contributed by atoms with E-state index in [9.17, 15) is 0 Å². The van der Waals surface area contributed by atoms with Gasteiger partial charge in [-0.25, -0.2) is 0 Å². The molecule has 0 bridgehead atoms. The summed E-state index contributed by atoms with van der Waals surface area (Å²) in [4.78, 5) is 2.33. The van der Waals surface area contributed by atoms with Crippen molar-refractivity contribution in [1.82, 2.24) is 10.2 Å². The molecule has 1 N–H and O–H groups in total. The van der Waals surface area contributed by atoms with E-state index in [-0.39, 0.29) is 0 Å². The summed E-state index contributed by atoms with van der Waals surface area (Å²) in [6, 6.07) is 11.1. The van der Waals surface area contributed by atoms with Gasteiger partial charge in [-0.05, 0) is 31.2 Å². The smallest absolute Gasteiger partial charge is 0.122 e. The summed E-state index contributed by atoms with van der Waals surface area (Å²) < 4.78 is 5.60. The Morgan fingerprint density at radius 1 is 1.10 bits per heavy atom. The number of hydrogen-bond acceptors (Lipinski definition) is 3. The summed E-state index contributed by atoms with van der Waals surface area (Å²) >= 11 is 0. The maximum atomic E-state index is 5.60. The van der Waals surface area contributed by atoms with Crippen LogP contribution in [0.1, 0.15) is 36.3 Å². The van der Waals surface area contributed by atoms with Crippen LogP contribution in [0.3, 0.4) is 0 Å². The molecule has 21 heavy (non-hydrogen) atoms. The summed E-state index contributed by atoms with van der Waals surface area (Å²) in [6.45, 7) is 9.10. The van der Waals surface area contributed by atoms with E-state index in [0.717, 1.165) is 25.4 Å². The van der Waals surface area contributed by atoms with Crippen molar-refractivity contribution in [2.45, 2.75) is 46.4 Å². The minimum Gasteiger partial charge on any atom is -0.468 e. The van der Waals surface area contributed by atoms with Gasteiger partial charge in [-0.3, -0.25) is 4.90 Å². The summed E-state index contributed by atoms with van der Waals surface area (Å²) in [7, 11) is 2.15. The van der Waals surface area contributed by atoms with Gasteiger partial charge in [0.1, 0.15) is 5.76 Å². The van der Waals surface area contributed by atoms with Crippen LogP contribution in [0.4, 0.5) is 0 Å². The van der Waals surface area contributed by atoms with E-state index < -0.39 is 0 Å². The Labute approximate surface area is 128 Å². The van der Waals surface area contributed by atoms with Crippen LogP contribution in [-0.2, 0) is 19.6 Å². The highest BCUT2D eigenvalue weighted by molar-refractivity contribution is 5.25. The van der Waals surface area contributed by atoms with Crippen molar-refractivity contribution in [3.8, 4) is 0 Å². The molecule has 0 saturated carbocycles. The Balaban J connectivity index is 1.95. The third-order valence-corrected chi connectivity index (χ3v) is 3.65. The number of nitrogens with one attached hydrogen (secondary N) is 1. The van der Waals surface area contributed by atoms with Crippen LogP contribution in [0.25, 0.3) is 0 Å². The van der Waals surface area contributed by atoms with E-state index in [2.05, 4.69) is 68.4 Å². The second-order valence-electron chi connectivity index (χ2n) is 6.00. The number of rotatable bonds is 7. The monoisotopic (exact) mass is 286 g/mol. The highest BCUT2D eigenvalue weighted by Gasteiger charge is 2.10. The standard InChI is InChI=1S/C18H26N2O/c1-14(2)19-11-18-17(9-10-21-18)13-20(4)12-16-8-6-5-7-15(16)3/h5-10,14,19H,11-13H2,1-4H3. The van der Waals surface area contributed by atoms with Gasteiger partial charge in [-0.2, -0.15) is 0 Å². The molecule has 0 unspecified atom stereocenters. The molecular formula is C18H26N2O. The molecule has 1 aromatic heterocycles. The molecule has 1 heterocycles. The second kappa shape index (κ2) is 7.43. The molecule has 2 aromatic rings. The molecule has 1 aromatic carbocycles. The third kappa shape index (κ3) is 4.73. The lowest BCUT2D eigenvalue weighted by Gasteiger charge is -2.18. The molecule has 0 atom stereocenters. The summed E-state index contributed by atoms with van der Waals surface area (Å²) in [5, 5.41) is 3.41. The Bertz CT molecular complexity index is 560. The lowest BCUT2D eigenvalue weighted by atomic mass is 10.1. The molecule has 0 aliphatic carbocycles. The predicted molar refractivity (Wildman–Crippen MR) is 87.0 cm³/mol. The number of hydrogen-bond donors (Lipinski definition) is 1. The molecule has 0 fully saturated rings. The van der Waals surface area contributed by atoms with Crippen LogP contribution in [0.2, 0.25) is 0 Å². The zero-order chi connectivity index (χ0) is 15.2. The first-order valence-electron chi connectivity index (χ1n) is 7.58. The van der Waals surface area contributed by atoms with E-state index in [1.54, 1.807) is 6.26 Å². The molecule has 3 heteroatoms. The topological polar surface area (TPSA) is 28.4 Å². The van der Waals surface area contributed by atoms with Crippen molar-refractivity contribution in [3.05, 3.63) is 59.0 Å². The van der Waals surface area contributed by atoms with E-state index >= 15 is 0 Å². The number of aryl methyl sites for hydroxylation is 1. The van der Waals surface area contributed by atoms with Crippen molar-refractivity contribution >= 4 is 0 Å². The molecule has 2 rings (SSSR count). The maximum absolute atomic E-state index is 5.60. The first-order valence-corrected chi connectivity index (χ1v) is 7.58. The normalized spacial score (nSPS) is 11.5. The molecular weight excluding hydrogens is 260 g/mol.